The normalized spacial score (nSPS) is 37.1. The van der Waals surface area contributed by atoms with E-state index in [2.05, 4.69) is 10.1 Å². The molecule has 2 unspecified atom stereocenters. The van der Waals surface area contributed by atoms with Crippen molar-refractivity contribution in [3.05, 3.63) is 0 Å². The maximum atomic E-state index is 9.62. The van der Waals surface area contributed by atoms with Gasteiger partial charge in [0.25, 0.3) is 0 Å². The molecule has 4 N–H and O–H groups in total. The Labute approximate surface area is 89.5 Å². The molecule has 2 atom stereocenters. The lowest BCUT2D eigenvalue weighted by Gasteiger charge is -2.37. The quantitative estimate of drug-likeness (QED) is 0.269. The van der Waals surface area contributed by atoms with Gasteiger partial charge in [-0.25, -0.2) is 0 Å². The molecule has 0 amide bonds. The van der Waals surface area contributed by atoms with Crippen LogP contribution in [-0.4, -0.2) is 45.8 Å². The molecular formula is C10H19N3O2. The highest BCUT2D eigenvalue weighted by atomic mass is 16.4. The first-order valence-electron chi connectivity index (χ1n) is 5.61. The number of amidine groups is 1. The van der Waals surface area contributed by atoms with Crippen molar-refractivity contribution in [2.45, 2.75) is 50.3 Å². The van der Waals surface area contributed by atoms with Crippen molar-refractivity contribution in [1.29, 1.82) is 0 Å². The molecule has 0 spiro atoms. The minimum Gasteiger partial charge on any atom is -0.409 e. The van der Waals surface area contributed by atoms with Crippen molar-refractivity contribution in [2.24, 2.45) is 10.9 Å². The zero-order valence-electron chi connectivity index (χ0n) is 8.84. The number of nitrogens with zero attached hydrogens (tertiary/aromatic N) is 2. The fraction of sp³-hybridized carbons (Fsp3) is 0.900. The molecule has 0 aromatic rings. The van der Waals surface area contributed by atoms with E-state index < -0.39 is 0 Å². The van der Waals surface area contributed by atoms with Gasteiger partial charge in [0.05, 0.1) is 6.10 Å². The van der Waals surface area contributed by atoms with E-state index in [-0.39, 0.29) is 6.10 Å². The summed E-state index contributed by atoms with van der Waals surface area (Å²) in [6.45, 7) is 0.845. The van der Waals surface area contributed by atoms with Crippen LogP contribution in [-0.2, 0) is 0 Å². The molecule has 5 nitrogen and oxygen atoms in total. The van der Waals surface area contributed by atoms with E-state index in [0.29, 0.717) is 24.3 Å². The number of hydrogen-bond acceptors (Lipinski definition) is 4. The Morgan fingerprint density at radius 1 is 1.33 bits per heavy atom. The van der Waals surface area contributed by atoms with Gasteiger partial charge >= 0.3 is 0 Å². The van der Waals surface area contributed by atoms with E-state index in [4.69, 9.17) is 10.9 Å². The van der Waals surface area contributed by atoms with E-state index in [1.807, 2.05) is 0 Å². The maximum Gasteiger partial charge on any atom is 0.140 e. The summed E-state index contributed by atoms with van der Waals surface area (Å²) in [4.78, 5) is 2.41. The lowest BCUT2D eigenvalue weighted by atomic mass is 10.00. The lowest BCUT2D eigenvalue weighted by Crippen LogP contribution is -2.45. The number of rotatable bonds is 3. The van der Waals surface area contributed by atoms with Crippen LogP contribution in [0.15, 0.2) is 5.16 Å². The zero-order valence-corrected chi connectivity index (χ0v) is 8.84. The highest BCUT2D eigenvalue weighted by Crippen LogP contribution is 2.35. The highest BCUT2D eigenvalue weighted by molar-refractivity contribution is 5.79. The molecular weight excluding hydrogens is 194 g/mol. The summed E-state index contributed by atoms with van der Waals surface area (Å²) in [5, 5.41) is 21.1. The van der Waals surface area contributed by atoms with Gasteiger partial charge < -0.3 is 16.0 Å². The fourth-order valence-electron chi connectivity index (χ4n) is 2.90. The fourth-order valence-corrected chi connectivity index (χ4v) is 2.90. The van der Waals surface area contributed by atoms with E-state index >= 15 is 0 Å². The Hall–Kier alpha value is -0.810. The molecule has 0 radical (unpaired) electrons. The average Bonchev–Trinajstić information content (AvgIpc) is 2.46. The van der Waals surface area contributed by atoms with Gasteiger partial charge in [0.2, 0.25) is 0 Å². The molecule has 2 fully saturated rings. The molecule has 2 rings (SSSR count). The Balaban J connectivity index is 1.88. The highest BCUT2D eigenvalue weighted by Gasteiger charge is 2.39. The average molecular weight is 213 g/mol. The third-order valence-electron chi connectivity index (χ3n) is 3.61. The lowest BCUT2D eigenvalue weighted by molar-refractivity contribution is 0.0370. The second kappa shape index (κ2) is 4.37. The van der Waals surface area contributed by atoms with Gasteiger partial charge in [0.1, 0.15) is 5.84 Å². The number of aliphatic hydroxyl groups excluding tert-OH is 1. The van der Waals surface area contributed by atoms with Crippen molar-refractivity contribution >= 4 is 5.84 Å². The third kappa shape index (κ3) is 2.23. The number of nitrogens with two attached hydrogens (primary N) is 1. The van der Waals surface area contributed by atoms with Crippen LogP contribution in [0.25, 0.3) is 0 Å². The van der Waals surface area contributed by atoms with Crippen LogP contribution < -0.4 is 5.73 Å². The molecule has 0 aliphatic carbocycles. The van der Waals surface area contributed by atoms with Crippen LogP contribution >= 0.6 is 0 Å². The van der Waals surface area contributed by atoms with E-state index in [1.165, 1.54) is 12.8 Å². The first-order valence-corrected chi connectivity index (χ1v) is 5.61. The van der Waals surface area contributed by atoms with Gasteiger partial charge in [-0.2, -0.15) is 0 Å². The SMILES string of the molecule is N/C(CCN1C2CCC1CC(O)C2)=N\O. The summed E-state index contributed by atoms with van der Waals surface area (Å²) in [7, 11) is 0. The van der Waals surface area contributed by atoms with E-state index in [1.54, 1.807) is 0 Å². The summed E-state index contributed by atoms with van der Waals surface area (Å²) < 4.78 is 0. The third-order valence-corrected chi connectivity index (χ3v) is 3.61. The predicted molar refractivity (Wildman–Crippen MR) is 56.8 cm³/mol. The Kier molecular flexibility index (Phi) is 3.11. The van der Waals surface area contributed by atoms with Crippen molar-refractivity contribution in [2.75, 3.05) is 6.54 Å². The second-order valence-electron chi connectivity index (χ2n) is 4.59. The summed E-state index contributed by atoms with van der Waals surface area (Å²) in [5.74, 6) is 0.292. The van der Waals surface area contributed by atoms with Crippen LogP contribution in [0.5, 0.6) is 0 Å². The molecule has 15 heavy (non-hydrogen) atoms. The summed E-state index contributed by atoms with van der Waals surface area (Å²) in [6, 6.07) is 1.01. The zero-order chi connectivity index (χ0) is 10.8. The van der Waals surface area contributed by atoms with Crippen LogP contribution in [0.1, 0.15) is 32.1 Å². The minimum atomic E-state index is -0.123. The molecule has 2 aliphatic rings. The molecule has 2 heterocycles. The monoisotopic (exact) mass is 213 g/mol. The van der Waals surface area contributed by atoms with Gasteiger partial charge in [-0.05, 0) is 25.7 Å². The number of aliphatic hydroxyl groups is 1. The van der Waals surface area contributed by atoms with Gasteiger partial charge in [-0.15, -0.1) is 0 Å². The molecule has 0 aromatic carbocycles. The number of hydrogen-bond donors (Lipinski definition) is 3. The summed E-state index contributed by atoms with van der Waals surface area (Å²) >= 11 is 0. The van der Waals surface area contributed by atoms with Crippen LogP contribution in [0.3, 0.4) is 0 Å². The smallest absolute Gasteiger partial charge is 0.140 e. The van der Waals surface area contributed by atoms with Gasteiger partial charge in [-0.3, -0.25) is 4.90 Å². The maximum absolute atomic E-state index is 9.62. The van der Waals surface area contributed by atoms with Crippen LogP contribution in [0, 0.1) is 0 Å². The minimum absolute atomic E-state index is 0.123. The molecule has 0 saturated carbocycles. The summed E-state index contributed by atoms with van der Waals surface area (Å²) in [6.07, 6.45) is 4.61. The predicted octanol–water partition coefficient (Wildman–Crippen LogP) is 0.111. The molecule has 2 bridgehead atoms. The number of piperidine rings is 1. The second-order valence-corrected chi connectivity index (χ2v) is 4.59. The first kappa shape index (κ1) is 10.7. The number of oxime groups is 1. The van der Waals surface area contributed by atoms with Crippen molar-refractivity contribution in [1.82, 2.24) is 4.90 Å². The Morgan fingerprint density at radius 2 is 1.93 bits per heavy atom. The van der Waals surface area contributed by atoms with E-state index in [9.17, 15) is 5.11 Å². The van der Waals surface area contributed by atoms with Crippen molar-refractivity contribution in [3.8, 4) is 0 Å². The Morgan fingerprint density at radius 3 is 2.47 bits per heavy atom. The molecule has 2 aliphatic heterocycles. The molecule has 5 heteroatoms. The van der Waals surface area contributed by atoms with E-state index in [0.717, 1.165) is 19.4 Å². The Bertz CT molecular complexity index is 243. The molecule has 0 aromatic heterocycles. The summed E-state index contributed by atoms with van der Waals surface area (Å²) in [5.41, 5.74) is 5.45. The van der Waals surface area contributed by atoms with Crippen molar-refractivity contribution in [3.63, 3.8) is 0 Å². The standard InChI is InChI=1S/C10H19N3O2/c11-10(12-15)3-4-13-7-1-2-8(13)6-9(14)5-7/h7-9,14-15H,1-6H2,(H2,11,12). The van der Waals surface area contributed by atoms with Gasteiger partial charge in [-0.1, -0.05) is 5.16 Å². The van der Waals surface area contributed by atoms with Crippen molar-refractivity contribution < 1.29 is 10.3 Å². The first-order chi connectivity index (χ1) is 7.20. The molecule has 86 valence electrons. The largest absolute Gasteiger partial charge is 0.409 e. The topological polar surface area (TPSA) is 82.1 Å². The van der Waals surface area contributed by atoms with Crippen LogP contribution in [0.4, 0.5) is 0 Å². The number of fused-ring (bicyclic) bond motifs is 2. The van der Waals surface area contributed by atoms with Gasteiger partial charge in [0.15, 0.2) is 0 Å². The van der Waals surface area contributed by atoms with Gasteiger partial charge in [0, 0.05) is 25.0 Å². The molecule has 2 saturated heterocycles. The van der Waals surface area contributed by atoms with Crippen LogP contribution in [0.2, 0.25) is 0 Å².